The van der Waals surface area contributed by atoms with Crippen LogP contribution in [0.5, 0.6) is 0 Å². The number of nitrogens with zero attached hydrogens (tertiary/aromatic N) is 2. The first-order chi connectivity index (χ1) is 13.3. The summed E-state index contributed by atoms with van der Waals surface area (Å²) in [6.07, 6.45) is 3.29. The second kappa shape index (κ2) is 7.97. The summed E-state index contributed by atoms with van der Waals surface area (Å²) < 4.78 is 16.4. The van der Waals surface area contributed by atoms with Crippen molar-refractivity contribution in [2.24, 2.45) is 0 Å². The van der Waals surface area contributed by atoms with Crippen LogP contribution in [-0.4, -0.2) is 52.9 Å². The van der Waals surface area contributed by atoms with E-state index in [1.165, 1.54) is 12.3 Å². The molecule has 1 saturated carbocycles. The summed E-state index contributed by atoms with van der Waals surface area (Å²) in [7, 11) is 0. The molecule has 1 aromatic carbocycles. The highest BCUT2D eigenvalue weighted by Gasteiger charge is 2.28. The third kappa shape index (κ3) is 4.14. The lowest BCUT2D eigenvalue weighted by Gasteiger charge is -2.30. The van der Waals surface area contributed by atoms with E-state index >= 15 is 0 Å². The number of halogens is 1. The summed E-state index contributed by atoms with van der Waals surface area (Å²) in [5.74, 6) is -2.59. The third-order valence-electron chi connectivity index (χ3n) is 4.73. The fraction of sp³-hybridized carbons (Fsp3) is 0.421. The minimum atomic E-state index is -1.28. The average molecular weight is 391 g/mol. The maximum absolute atomic E-state index is 14.6. The molecule has 0 amide bonds. The molecule has 1 aliphatic heterocycles. The highest BCUT2D eigenvalue weighted by atomic mass is 19.1. The van der Waals surface area contributed by atoms with Gasteiger partial charge in [0.25, 0.3) is 5.97 Å². The van der Waals surface area contributed by atoms with Crippen molar-refractivity contribution in [1.29, 1.82) is 0 Å². The van der Waals surface area contributed by atoms with Crippen LogP contribution in [0.4, 0.5) is 10.1 Å². The van der Waals surface area contributed by atoms with E-state index < -0.39 is 23.2 Å². The van der Waals surface area contributed by atoms with Gasteiger partial charge in [-0.25, -0.2) is 9.18 Å². The Morgan fingerprint density at radius 1 is 1.18 bits per heavy atom. The van der Waals surface area contributed by atoms with Gasteiger partial charge in [0, 0.05) is 50.7 Å². The van der Waals surface area contributed by atoms with E-state index in [2.05, 4.69) is 5.32 Å². The Balaban J connectivity index is 0.000000516. The molecular formula is C19H22FN3O5. The lowest BCUT2D eigenvalue weighted by atomic mass is 10.1. The summed E-state index contributed by atoms with van der Waals surface area (Å²) in [5, 5.41) is 20.0. The molecule has 0 unspecified atom stereocenters. The minimum Gasteiger partial charge on any atom is -0.481 e. The van der Waals surface area contributed by atoms with Gasteiger partial charge in [-0.1, -0.05) is 0 Å². The Kier molecular flexibility index (Phi) is 5.64. The molecule has 0 spiro atoms. The van der Waals surface area contributed by atoms with Gasteiger partial charge in [0.2, 0.25) is 5.43 Å². The topological polar surface area (TPSA) is 112 Å². The number of anilines is 1. The van der Waals surface area contributed by atoms with Gasteiger partial charge >= 0.3 is 5.97 Å². The van der Waals surface area contributed by atoms with Gasteiger partial charge in [0.15, 0.2) is 0 Å². The lowest BCUT2D eigenvalue weighted by Crippen LogP contribution is -2.43. The number of carboxylic acids is 2. The molecule has 1 aliphatic carbocycles. The van der Waals surface area contributed by atoms with Crippen LogP contribution in [0.3, 0.4) is 0 Å². The van der Waals surface area contributed by atoms with E-state index in [1.54, 1.807) is 6.07 Å². The number of rotatable bonds is 3. The number of hydrogen-bond donors (Lipinski definition) is 3. The molecule has 2 fully saturated rings. The number of aliphatic carboxylic acids is 1. The number of benzene rings is 1. The Labute approximate surface area is 160 Å². The molecule has 3 N–H and O–H groups in total. The first-order valence-electron chi connectivity index (χ1n) is 9.06. The van der Waals surface area contributed by atoms with Crippen molar-refractivity contribution < 1.29 is 24.2 Å². The number of carboxylic acid groups (broad SMARTS) is 2. The first-order valence-corrected chi connectivity index (χ1v) is 9.06. The van der Waals surface area contributed by atoms with Gasteiger partial charge in [0.05, 0.1) is 11.2 Å². The molecule has 1 aromatic heterocycles. The van der Waals surface area contributed by atoms with Crippen molar-refractivity contribution in [3.05, 3.63) is 39.9 Å². The van der Waals surface area contributed by atoms with Gasteiger partial charge in [-0.15, -0.1) is 0 Å². The highest BCUT2D eigenvalue weighted by molar-refractivity contribution is 5.93. The molecule has 9 heteroatoms. The predicted molar refractivity (Wildman–Crippen MR) is 102 cm³/mol. The van der Waals surface area contributed by atoms with E-state index in [1.807, 2.05) is 9.47 Å². The van der Waals surface area contributed by atoms with E-state index in [0.29, 0.717) is 24.3 Å². The number of hydrogen-bond acceptors (Lipinski definition) is 5. The second-order valence-corrected chi connectivity index (χ2v) is 6.89. The Bertz CT molecular complexity index is 974. The molecule has 28 heavy (non-hydrogen) atoms. The maximum atomic E-state index is 14.6. The van der Waals surface area contributed by atoms with Crippen LogP contribution in [0.2, 0.25) is 0 Å². The number of nitrogens with one attached hydrogen (secondary N) is 1. The smallest absolute Gasteiger partial charge is 0.341 e. The number of pyridine rings is 1. The second-order valence-electron chi connectivity index (χ2n) is 6.89. The molecule has 2 heterocycles. The number of aromatic carboxylic acids is 1. The summed E-state index contributed by atoms with van der Waals surface area (Å²) in [4.78, 5) is 34.7. The van der Waals surface area contributed by atoms with E-state index in [0.717, 1.165) is 32.9 Å². The molecular weight excluding hydrogens is 369 g/mol. The molecule has 8 nitrogen and oxygen atoms in total. The molecule has 150 valence electrons. The van der Waals surface area contributed by atoms with Crippen molar-refractivity contribution >= 4 is 28.5 Å². The Morgan fingerprint density at radius 2 is 1.79 bits per heavy atom. The molecule has 4 rings (SSSR count). The Morgan fingerprint density at radius 3 is 2.32 bits per heavy atom. The van der Waals surface area contributed by atoms with Crippen LogP contribution in [-0.2, 0) is 4.79 Å². The molecule has 0 radical (unpaired) electrons. The van der Waals surface area contributed by atoms with Crippen LogP contribution in [0, 0.1) is 5.82 Å². The first kappa shape index (κ1) is 19.8. The van der Waals surface area contributed by atoms with E-state index in [-0.39, 0.29) is 17.0 Å². The standard InChI is InChI=1S/C17H18FN3O3.C2H4O2/c18-13-7-11-14(8-15(13)20-5-3-19-4-6-20)21(10-1-2-10)9-12(16(11)22)17(23)24;1-2(3)4/h7-10,19H,1-6H2,(H,23,24);1H3,(H,3,4). The van der Waals surface area contributed by atoms with Crippen molar-refractivity contribution in [3.8, 4) is 0 Å². The molecule has 0 bridgehead atoms. The van der Waals surface area contributed by atoms with Crippen molar-refractivity contribution in [2.75, 3.05) is 31.1 Å². The van der Waals surface area contributed by atoms with Crippen LogP contribution in [0.25, 0.3) is 10.9 Å². The van der Waals surface area contributed by atoms with Crippen molar-refractivity contribution in [1.82, 2.24) is 9.88 Å². The Hall–Kier alpha value is -2.94. The third-order valence-corrected chi connectivity index (χ3v) is 4.73. The van der Waals surface area contributed by atoms with Crippen molar-refractivity contribution in [2.45, 2.75) is 25.8 Å². The lowest BCUT2D eigenvalue weighted by molar-refractivity contribution is -0.134. The zero-order valence-electron chi connectivity index (χ0n) is 15.4. The molecule has 2 aliphatic rings. The number of piperazine rings is 1. The van der Waals surface area contributed by atoms with Gasteiger partial charge in [-0.05, 0) is 25.0 Å². The zero-order chi connectivity index (χ0) is 20.4. The largest absolute Gasteiger partial charge is 0.481 e. The number of fused-ring (bicyclic) bond motifs is 1. The zero-order valence-corrected chi connectivity index (χ0v) is 15.4. The fourth-order valence-corrected chi connectivity index (χ4v) is 3.31. The summed E-state index contributed by atoms with van der Waals surface area (Å²) in [6.45, 7) is 4.04. The van der Waals surface area contributed by atoms with Crippen LogP contribution in [0.1, 0.15) is 36.2 Å². The number of aromatic nitrogens is 1. The predicted octanol–water partition coefficient (Wildman–Crippen LogP) is 1.67. The monoisotopic (exact) mass is 391 g/mol. The van der Waals surface area contributed by atoms with Gasteiger partial charge in [-0.2, -0.15) is 0 Å². The number of carbonyl (C=O) groups is 2. The summed E-state index contributed by atoms with van der Waals surface area (Å²) in [5.41, 5.74) is 0.159. The van der Waals surface area contributed by atoms with Gasteiger partial charge in [-0.3, -0.25) is 9.59 Å². The van der Waals surface area contributed by atoms with E-state index in [4.69, 9.17) is 9.90 Å². The molecule has 0 atom stereocenters. The van der Waals surface area contributed by atoms with Crippen molar-refractivity contribution in [3.63, 3.8) is 0 Å². The van der Waals surface area contributed by atoms with Crippen LogP contribution < -0.4 is 15.6 Å². The highest BCUT2D eigenvalue weighted by Crippen LogP contribution is 2.38. The van der Waals surface area contributed by atoms with Crippen LogP contribution >= 0.6 is 0 Å². The minimum absolute atomic E-state index is 0.137. The molecule has 1 saturated heterocycles. The van der Waals surface area contributed by atoms with E-state index in [9.17, 15) is 19.1 Å². The summed E-state index contributed by atoms with van der Waals surface area (Å²) >= 11 is 0. The fourth-order valence-electron chi connectivity index (χ4n) is 3.31. The SMILES string of the molecule is CC(=O)O.O=C(O)c1cn(C2CC2)c2cc(N3CCNCC3)c(F)cc2c1=O. The maximum Gasteiger partial charge on any atom is 0.341 e. The van der Waals surface area contributed by atoms with Crippen LogP contribution in [0.15, 0.2) is 23.1 Å². The normalized spacial score (nSPS) is 16.4. The summed E-state index contributed by atoms with van der Waals surface area (Å²) in [6, 6.07) is 3.08. The van der Waals surface area contributed by atoms with Gasteiger partial charge < -0.3 is 25.0 Å². The van der Waals surface area contributed by atoms with Gasteiger partial charge in [0.1, 0.15) is 11.4 Å². The quantitative estimate of drug-likeness (QED) is 0.730. The average Bonchev–Trinajstić information content (AvgIpc) is 3.47. The molecule has 2 aromatic rings.